The molecule has 1 unspecified atom stereocenters. The molecule has 0 bridgehead atoms. The molecule has 2 aromatic heterocycles. The quantitative estimate of drug-likeness (QED) is 0.320. The lowest BCUT2D eigenvalue weighted by Crippen LogP contribution is -2.25. The van der Waals surface area contributed by atoms with E-state index in [0.29, 0.717) is 11.1 Å². The second kappa shape index (κ2) is 7.67. The van der Waals surface area contributed by atoms with Gasteiger partial charge in [0.2, 0.25) is 0 Å². The van der Waals surface area contributed by atoms with E-state index in [2.05, 4.69) is 46.1 Å². The zero-order valence-electron chi connectivity index (χ0n) is 18.4. The normalized spacial score (nSPS) is 17.1. The molecule has 1 atom stereocenters. The van der Waals surface area contributed by atoms with Crippen LogP contribution in [0.2, 0.25) is 0 Å². The lowest BCUT2D eigenvalue weighted by molar-refractivity contribution is -0.114. The summed E-state index contributed by atoms with van der Waals surface area (Å²) in [7, 11) is 2.01. The Morgan fingerprint density at radius 3 is 2.72 bits per heavy atom. The van der Waals surface area contributed by atoms with E-state index in [1.54, 1.807) is 6.08 Å². The van der Waals surface area contributed by atoms with Gasteiger partial charge >= 0.3 is 0 Å². The Hall–Kier alpha value is -3.32. The number of allylic oxidation sites excluding steroid dienone is 2. The van der Waals surface area contributed by atoms with E-state index in [1.165, 1.54) is 17.3 Å². The van der Waals surface area contributed by atoms with Crippen LogP contribution in [0.25, 0.3) is 22.4 Å². The van der Waals surface area contributed by atoms with Crippen LogP contribution in [0.15, 0.2) is 76.1 Å². The van der Waals surface area contributed by atoms with Crippen LogP contribution in [0.4, 0.5) is 5.69 Å². The number of aromatic amines is 1. The number of H-pyrrole nitrogens is 1. The highest BCUT2D eigenvalue weighted by molar-refractivity contribution is 8.00. The number of fused-ring (bicyclic) bond motifs is 2. The van der Waals surface area contributed by atoms with Gasteiger partial charge in [0.25, 0.3) is 11.1 Å². The van der Waals surface area contributed by atoms with Gasteiger partial charge in [-0.2, -0.15) is 0 Å². The Bertz CT molecular complexity index is 1350. The standard InChI is InChI=1S/C25H24N4O2S/c1-15(21(30)13-22-25(2,3)18-10-6-8-12-20(18)29(22)4)32-24-28-27-23(31-24)17-14-26-19-11-7-5-9-16(17)19/h5-15,26H,1-4H3/b22-13-. The van der Waals surface area contributed by atoms with Gasteiger partial charge in [-0.3, -0.25) is 4.79 Å². The number of hydrogen-bond donors (Lipinski definition) is 1. The lowest BCUT2D eigenvalue weighted by atomic mass is 9.83. The zero-order valence-corrected chi connectivity index (χ0v) is 19.2. The summed E-state index contributed by atoms with van der Waals surface area (Å²) in [5.74, 6) is 0.458. The molecule has 1 aliphatic rings. The molecule has 162 valence electrons. The predicted molar refractivity (Wildman–Crippen MR) is 128 cm³/mol. The molecule has 0 spiro atoms. The zero-order chi connectivity index (χ0) is 22.5. The van der Waals surface area contributed by atoms with Crippen LogP contribution in [-0.4, -0.2) is 33.3 Å². The van der Waals surface area contributed by atoms with Gasteiger partial charge in [-0.1, -0.05) is 62.0 Å². The van der Waals surface area contributed by atoms with E-state index >= 15 is 0 Å². The fourth-order valence-corrected chi connectivity index (χ4v) is 5.04. The number of carbonyl (C=O) groups excluding carboxylic acids is 1. The van der Waals surface area contributed by atoms with Crippen molar-refractivity contribution in [2.45, 2.75) is 36.7 Å². The van der Waals surface area contributed by atoms with E-state index in [9.17, 15) is 4.79 Å². The minimum absolute atomic E-state index is 0.0181. The molecule has 7 heteroatoms. The van der Waals surface area contributed by atoms with Crippen molar-refractivity contribution in [3.05, 3.63) is 72.1 Å². The lowest BCUT2D eigenvalue weighted by Gasteiger charge is -2.24. The highest BCUT2D eigenvalue weighted by atomic mass is 32.2. The molecule has 0 fully saturated rings. The van der Waals surface area contributed by atoms with Crippen LogP contribution in [0, 0.1) is 0 Å². The highest BCUT2D eigenvalue weighted by Gasteiger charge is 2.38. The number of para-hydroxylation sites is 2. The molecule has 32 heavy (non-hydrogen) atoms. The molecule has 0 aliphatic carbocycles. The molecule has 6 nitrogen and oxygen atoms in total. The number of anilines is 1. The van der Waals surface area contributed by atoms with E-state index in [0.717, 1.165) is 27.9 Å². The Morgan fingerprint density at radius 2 is 1.91 bits per heavy atom. The van der Waals surface area contributed by atoms with Gasteiger partial charge < -0.3 is 14.3 Å². The van der Waals surface area contributed by atoms with Crippen molar-refractivity contribution in [2.24, 2.45) is 0 Å². The number of rotatable bonds is 5. The molecule has 0 saturated heterocycles. The highest BCUT2D eigenvalue weighted by Crippen LogP contribution is 2.46. The second-order valence-electron chi connectivity index (χ2n) is 8.51. The van der Waals surface area contributed by atoms with Crippen LogP contribution in [-0.2, 0) is 10.2 Å². The number of nitrogens with one attached hydrogen (secondary N) is 1. The maximum Gasteiger partial charge on any atom is 0.277 e. The van der Waals surface area contributed by atoms with Crippen molar-refractivity contribution < 1.29 is 9.21 Å². The smallest absolute Gasteiger partial charge is 0.277 e. The first kappa shape index (κ1) is 20.6. The van der Waals surface area contributed by atoms with Gasteiger partial charge in [0.05, 0.1) is 10.8 Å². The van der Waals surface area contributed by atoms with E-state index < -0.39 is 0 Å². The van der Waals surface area contributed by atoms with Gasteiger partial charge in [-0.25, -0.2) is 0 Å². The SMILES string of the molecule is CC(Sc1nnc(-c2c[nH]c3ccccc23)o1)C(=O)/C=C1\N(C)c2ccccc2C1(C)C. The Kier molecular flexibility index (Phi) is 4.93. The van der Waals surface area contributed by atoms with Crippen LogP contribution >= 0.6 is 11.8 Å². The van der Waals surface area contributed by atoms with Crippen molar-refractivity contribution in [3.63, 3.8) is 0 Å². The summed E-state index contributed by atoms with van der Waals surface area (Å²) in [4.78, 5) is 18.4. The van der Waals surface area contributed by atoms with Crippen LogP contribution in [0.1, 0.15) is 26.3 Å². The number of carbonyl (C=O) groups is 1. The molecule has 4 aromatic rings. The summed E-state index contributed by atoms with van der Waals surface area (Å²) in [5.41, 5.74) is 4.97. The van der Waals surface area contributed by atoms with Crippen LogP contribution in [0.5, 0.6) is 0 Å². The van der Waals surface area contributed by atoms with Crippen molar-refractivity contribution in [1.82, 2.24) is 15.2 Å². The fourth-order valence-electron chi connectivity index (χ4n) is 4.33. The summed E-state index contributed by atoms with van der Waals surface area (Å²) < 4.78 is 5.88. The van der Waals surface area contributed by atoms with Gasteiger partial charge in [0.1, 0.15) is 0 Å². The van der Waals surface area contributed by atoms with Gasteiger partial charge in [0, 0.05) is 47.0 Å². The van der Waals surface area contributed by atoms with E-state index in [4.69, 9.17) is 4.42 Å². The van der Waals surface area contributed by atoms with E-state index in [1.807, 2.05) is 56.6 Å². The number of thioether (sulfide) groups is 1. The molecule has 0 amide bonds. The summed E-state index contributed by atoms with van der Waals surface area (Å²) in [6, 6.07) is 16.2. The molecule has 0 radical (unpaired) electrons. The van der Waals surface area contributed by atoms with E-state index in [-0.39, 0.29) is 16.4 Å². The van der Waals surface area contributed by atoms with Gasteiger partial charge in [-0.15, -0.1) is 10.2 Å². The number of benzene rings is 2. The molecular weight excluding hydrogens is 420 g/mol. The van der Waals surface area contributed by atoms with Crippen LogP contribution < -0.4 is 4.90 Å². The average Bonchev–Trinajstić information content (AvgIpc) is 3.47. The number of nitrogens with zero attached hydrogens (tertiary/aromatic N) is 3. The minimum atomic E-state index is -0.355. The molecule has 3 heterocycles. The monoisotopic (exact) mass is 444 g/mol. The first-order valence-corrected chi connectivity index (χ1v) is 11.4. The van der Waals surface area contributed by atoms with Crippen molar-refractivity contribution in [2.75, 3.05) is 11.9 Å². The number of ketones is 1. The molecular formula is C25H24N4O2S. The first-order valence-electron chi connectivity index (χ1n) is 10.5. The Morgan fingerprint density at radius 1 is 1.16 bits per heavy atom. The molecule has 1 aliphatic heterocycles. The Balaban J connectivity index is 1.35. The molecule has 5 rings (SSSR count). The first-order chi connectivity index (χ1) is 15.4. The van der Waals surface area contributed by atoms with Crippen molar-refractivity contribution in [1.29, 1.82) is 0 Å². The second-order valence-corrected chi connectivity index (χ2v) is 9.81. The third-order valence-electron chi connectivity index (χ3n) is 6.12. The van der Waals surface area contributed by atoms with Crippen molar-refractivity contribution in [3.8, 4) is 11.5 Å². The summed E-state index contributed by atoms with van der Waals surface area (Å²) in [5, 5.41) is 9.40. The summed E-state index contributed by atoms with van der Waals surface area (Å²) in [6.07, 6.45) is 3.62. The number of hydrogen-bond acceptors (Lipinski definition) is 6. The molecule has 2 aromatic carbocycles. The third kappa shape index (κ3) is 3.33. The molecule has 0 saturated carbocycles. The van der Waals surface area contributed by atoms with Crippen molar-refractivity contribution >= 4 is 34.1 Å². The maximum atomic E-state index is 13.1. The van der Waals surface area contributed by atoms with Gasteiger partial charge in [-0.05, 0) is 24.6 Å². The topological polar surface area (TPSA) is 75.0 Å². The largest absolute Gasteiger partial charge is 0.411 e. The summed E-state index contributed by atoms with van der Waals surface area (Å²) in [6.45, 7) is 6.17. The number of likely N-dealkylation sites (N-methyl/N-ethyl adjacent to an activating group) is 1. The number of aromatic nitrogens is 3. The van der Waals surface area contributed by atoms with Crippen LogP contribution in [0.3, 0.4) is 0 Å². The third-order valence-corrected chi connectivity index (χ3v) is 7.08. The maximum absolute atomic E-state index is 13.1. The predicted octanol–water partition coefficient (Wildman–Crippen LogP) is 5.58. The average molecular weight is 445 g/mol. The van der Waals surface area contributed by atoms with Gasteiger partial charge in [0.15, 0.2) is 5.78 Å². The summed E-state index contributed by atoms with van der Waals surface area (Å²) >= 11 is 1.28. The minimum Gasteiger partial charge on any atom is -0.411 e. The molecule has 1 N–H and O–H groups in total. The Labute approximate surface area is 190 Å². The fraction of sp³-hybridized carbons (Fsp3) is 0.240.